The number of anilines is 1. The Kier molecular flexibility index (Phi) is 2.91. The van der Waals surface area contributed by atoms with Gasteiger partial charge in [0, 0.05) is 20.3 Å². The Bertz CT molecular complexity index is 739. The molecular formula is C13H8ClIN2O. The van der Waals surface area contributed by atoms with Crippen LogP contribution in [0.3, 0.4) is 0 Å². The third kappa shape index (κ3) is 2.06. The molecule has 0 amide bonds. The van der Waals surface area contributed by atoms with Crippen molar-refractivity contribution in [1.29, 1.82) is 0 Å². The van der Waals surface area contributed by atoms with Crippen molar-refractivity contribution in [3.05, 3.63) is 45.0 Å². The van der Waals surface area contributed by atoms with Gasteiger partial charge >= 0.3 is 0 Å². The van der Waals surface area contributed by atoms with E-state index in [1.807, 2.05) is 24.3 Å². The van der Waals surface area contributed by atoms with Crippen molar-refractivity contribution < 1.29 is 4.42 Å². The smallest absolute Gasteiger partial charge is 0.228 e. The van der Waals surface area contributed by atoms with E-state index in [0.29, 0.717) is 22.2 Å². The molecule has 0 saturated heterocycles. The van der Waals surface area contributed by atoms with Gasteiger partial charge in [0.15, 0.2) is 5.58 Å². The van der Waals surface area contributed by atoms with Gasteiger partial charge in [0.2, 0.25) is 5.89 Å². The van der Waals surface area contributed by atoms with E-state index in [4.69, 9.17) is 21.8 Å². The Labute approximate surface area is 122 Å². The number of rotatable bonds is 1. The first kappa shape index (κ1) is 11.8. The van der Waals surface area contributed by atoms with Gasteiger partial charge in [-0.3, -0.25) is 0 Å². The molecule has 0 aliphatic carbocycles. The van der Waals surface area contributed by atoms with Crippen molar-refractivity contribution >= 4 is 51.0 Å². The lowest BCUT2D eigenvalue weighted by atomic mass is 10.2. The summed E-state index contributed by atoms with van der Waals surface area (Å²) in [6.45, 7) is 0. The predicted octanol–water partition coefficient (Wildman–Crippen LogP) is 4.34. The molecule has 1 aromatic heterocycles. The first-order valence-electron chi connectivity index (χ1n) is 5.25. The highest BCUT2D eigenvalue weighted by atomic mass is 127. The monoisotopic (exact) mass is 370 g/mol. The van der Waals surface area contributed by atoms with Crippen LogP contribution >= 0.6 is 34.2 Å². The van der Waals surface area contributed by atoms with Gasteiger partial charge in [-0.05, 0) is 52.9 Å². The first-order chi connectivity index (χ1) is 8.63. The molecule has 5 heteroatoms. The Morgan fingerprint density at radius 2 is 2.00 bits per heavy atom. The van der Waals surface area contributed by atoms with Crippen molar-refractivity contribution in [1.82, 2.24) is 4.98 Å². The van der Waals surface area contributed by atoms with Crippen molar-refractivity contribution in [2.24, 2.45) is 0 Å². The minimum atomic E-state index is 0.558. The van der Waals surface area contributed by atoms with Gasteiger partial charge in [0.1, 0.15) is 5.52 Å². The molecule has 0 bridgehead atoms. The second-order valence-corrected chi connectivity index (χ2v) is 5.47. The molecule has 0 spiro atoms. The lowest BCUT2D eigenvalue weighted by Crippen LogP contribution is -1.82. The van der Waals surface area contributed by atoms with Gasteiger partial charge in [-0.25, -0.2) is 4.98 Å². The van der Waals surface area contributed by atoms with Crippen LogP contribution in [0.4, 0.5) is 5.69 Å². The molecule has 0 unspecified atom stereocenters. The van der Waals surface area contributed by atoms with Crippen LogP contribution in [0.15, 0.2) is 40.8 Å². The van der Waals surface area contributed by atoms with Crippen molar-refractivity contribution in [3.63, 3.8) is 0 Å². The van der Waals surface area contributed by atoms with Crippen molar-refractivity contribution in [2.45, 2.75) is 0 Å². The normalized spacial score (nSPS) is 11.0. The average Bonchev–Trinajstić information content (AvgIpc) is 2.74. The molecule has 3 rings (SSSR count). The molecule has 3 aromatic rings. The quantitative estimate of drug-likeness (QED) is 0.512. The van der Waals surface area contributed by atoms with Crippen LogP contribution in [-0.2, 0) is 0 Å². The van der Waals surface area contributed by atoms with E-state index in [1.54, 1.807) is 12.1 Å². The fourth-order valence-corrected chi connectivity index (χ4v) is 2.46. The number of hydrogen-bond acceptors (Lipinski definition) is 3. The van der Waals surface area contributed by atoms with Gasteiger partial charge in [-0.15, -0.1) is 0 Å². The highest BCUT2D eigenvalue weighted by Crippen LogP contribution is 2.30. The summed E-state index contributed by atoms with van der Waals surface area (Å²) in [6, 6.07) is 11.0. The fourth-order valence-electron chi connectivity index (χ4n) is 1.72. The van der Waals surface area contributed by atoms with E-state index in [1.165, 1.54) is 0 Å². The van der Waals surface area contributed by atoms with Crippen LogP contribution in [0, 0.1) is 3.57 Å². The van der Waals surface area contributed by atoms with Gasteiger partial charge in [0.25, 0.3) is 0 Å². The summed E-state index contributed by atoms with van der Waals surface area (Å²) in [5.41, 5.74) is 8.73. The summed E-state index contributed by atoms with van der Waals surface area (Å²) >= 11 is 8.23. The lowest BCUT2D eigenvalue weighted by molar-refractivity contribution is 0.619. The van der Waals surface area contributed by atoms with Crippen molar-refractivity contribution in [3.8, 4) is 11.5 Å². The van der Waals surface area contributed by atoms with E-state index in [-0.39, 0.29) is 0 Å². The average molecular weight is 371 g/mol. The number of nitrogen functional groups attached to an aromatic ring is 1. The largest absolute Gasteiger partial charge is 0.436 e. The fraction of sp³-hybridized carbons (Fsp3) is 0. The third-order valence-corrected chi connectivity index (χ3v) is 3.75. The number of aromatic nitrogens is 1. The van der Waals surface area contributed by atoms with E-state index in [9.17, 15) is 0 Å². The van der Waals surface area contributed by atoms with Gasteiger partial charge < -0.3 is 10.2 Å². The molecule has 0 fully saturated rings. The number of halogens is 2. The molecule has 0 saturated carbocycles. The molecule has 0 atom stereocenters. The van der Waals surface area contributed by atoms with Gasteiger partial charge in [-0.2, -0.15) is 0 Å². The minimum Gasteiger partial charge on any atom is -0.436 e. The number of nitrogens with zero attached hydrogens (tertiary/aromatic N) is 1. The van der Waals surface area contributed by atoms with E-state index in [0.717, 1.165) is 14.7 Å². The third-order valence-electron chi connectivity index (χ3n) is 2.57. The molecule has 90 valence electrons. The molecule has 0 radical (unpaired) electrons. The summed E-state index contributed by atoms with van der Waals surface area (Å²) < 4.78 is 6.75. The van der Waals surface area contributed by atoms with Crippen LogP contribution in [0.1, 0.15) is 0 Å². The Hall–Kier alpha value is -1.27. The number of oxazole rings is 1. The topological polar surface area (TPSA) is 52.0 Å². The van der Waals surface area contributed by atoms with Crippen LogP contribution in [0.25, 0.3) is 22.6 Å². The summed E-state index contributed by atoms with van der Waals surface area (Å²) in [7, 11) is 0. The van der Waals surface area contributed by atoms with Crippen molar-refractivity contribution in [2.75, 3.05) is 5.73 Å². The zero-order chi connectivity index (χ0) is 12.7. The number of nitrogens with two attached hydrogens (primary N) is 1. The zero-order valence-electron chi connectivity index (χ0n) is 9.15. The number of fused-ring (bicyclic) bond motifs is 1. The number of hydrogen-bond donors (Lipinski definition) is 1. The summed E-state index contributed by atoms with van der Waals surface area (Å²) in [5, 5.41) is 0.659. The highest BCUT2D eigenvalue weighted by Gasteiger charge is 2.11. The molecule has 1 heterocycles. The van der Waals surface area contributed by atoms with Crippen LogP contribution in [-0.4, -0.2) is 4.98 Å². The SMILES string of the molecule is Nc1ccc2nc(-c3cc(Cl)ccc3I)oc2c1. The Morgan fingerprint density at radius 1 is 1.17 bits per heavy atom. The molecule has 2 aromatic carbocycles. The maximum Gasteiger partial charge on any atom is 0.228 e. The zero-order valence-corrected chi connectivity index (χ0v) is 12.1. The van der Waals surface area contributed by atoms with Crippen LogP contribution < -0.4 is 5.73 Å². The Morgan fingerprint density at radius 3 is 2.83 bits per heavy atom. The maximum atomic E-state index is 6.00. The predicted molar refractivity (Wildman–Crippen MR) is 81.6 cm³/mol. The second kappa shape index (κ2) is 4.44. The summed E-state index contributed by atoms with van der Waals surface area (Å²) in [4.78, 5) is 4.44. The van der Waals surface area contributed by atoms with E-state index < -0.39 is 0 Å². The molecule has 3 nitrogen and oxygen atoms in total. The molecule has 0 aliphatic rings. The van der Waals surface area contributed by atoms with Crippen LogP contribution in [0.2, 0.25) is 5.02 Å². The van der Waals surface area contributed by atoms with Gasteiger partial charge in [-0.1, -0.05) is 11.6 Å². The highest BCUT2D eigenvalue weighted by molar-refractivity contribution is 14.1. The Balaban J connectivity index is 2.22. The standard InChI is InChI=1S/C13H8ClIN2O/c14-7-1-3-10(15)9(5-7)13-17-11-4-2-8(16)6-12(11)18-13/h1-6H,16H2. The molecular weight excluding hydrogens is 363 g/mol. The molecule has 18 heavy (non-hydrogen) atoms. The number of benzene rings is 2. The lowest BCUT2D eigenvalue weighted by Gasteiger charge is -1.99. The summed E-state index contributed by atoms with van der Waals surface area (Å²) in [5.74, 6) is 0.558. The summed E-state index contributed by atoms with van der Waals surface area (Å²) in [6.07, 6.45) is 0. The minimum absolute atomic E-state index is 0.558. The van der Waals surface area contributed by atoms with E-state index in [2.05, 4.69) is 27.6 Å². The van der Waals surface area contributed by atoms with Crippen LogP contribution in [0.5, 0.6) is 0 Å². The maximum absolute atomic E-state index is 6.00. The van der Waals surface area contributed by atoms with Gasteiger partial charge in [0.05, 0.1) is 5.56 Å². The second-order valence-electron chi connectivity index (χ2n) is 3.87. The molecule has 2 N–H and O–H groups in total. The first-order valence-corrected chi connectivity index (χ1v) is 6.70. The molecule has 0 aliphatic heterocycles. The van der Waals surface area contributed by atoms with E-state index >= 15 is 0 Å².